The molecule has 9 heavy (non-hydrogen) atoms. The van der Waals surface area contributed by atoms with Gasteiger partial charge in [0.2, 0.25) is 0 Å². The molecule has 0 aromatic heterocycles. The van der Waals surface area contributed by atoms with E-state index in [0.29, 0.717) is 0 Å². The SMILES string of the molecule is CO[C@H](C)[C@@H](CO)OC. The third-order valence-electron chi connectivity index (χ3n) is 1.38. The first-order chi connectivity index (χ1) is 4.26. The molecule has 0 saturated heterocycles. The molecule has 0 aliphatic heterocycles. The third kappa shape index (κ3) is 2.79. The van der Waals surface area contributed by atoms with E-state index in [2.05, 4.69) is 0 Å². The topological polar surface area (TPSA) is 38.7 Å². The molecular weight excluding hydrogens is 120 g/mol. The Hall–Kier alpha value is -0.120. The highest BCUT2D eigenvalue weighted by Gasteiger charge is 2.13. The van der Waals surface area contributed by atoms with E-state index in [1.807, 2.05) is 6.92 Å². The summed E-state index contributed by atoms with van der Waals surface area (Å²) in [4.78, 5) is 0. The first-order valence-corrected chi connectivity index (χ1v) is 2.92. The molecule has 3 heteroatoms. The van der Waals surface area contributed by atoms with Crippen molar-refractivity contribution in [1.82, 2.24) is 0 Å². The molecule has 0 aliphatic rings. The van der Waals surface area contributed by atoms with Crippen molar-refractivity contribution in [2.45, 2.75) is 19.1 Å². The number of rotatable bonds is 4. The summed E-state index contributed by atoms with van der Waals surface area (Å²) < 4.78 is 9.79. The lowest BCUT2D eigenvalue weighted by molar-refractivity contribution is -0.0511. The molecule has 0 aromatic carbocycles. The number of hydrogen-bond donors (Lipinski definition) is 1. The lowest BCUT2D eigenvalue weighted by atomic mass is 10.2. The van der Waals surface area contributed by atoms with Crippen molar-refractivity contribution in [3.05, 3.63) is 0 Å². The van der Waals surface area contributed by atoms with Crippen LogP contribution in [0.25, 0.3) is 0 Å². The Morgan fingerprint density at radius 3 is 2.00 bits per heavy atom. The molecule has 0 spiro atoms. The molecule has 0 amide bonds. The number of aliphatic hydroxyl groups excluding tert-OH is 1. The highest BCUT2D eigenvalue weighted by molar-refractivity contribution is 4.62. The normalized spacial score (nSPS) is 17.3. The zero-order valence-corrected chi connectivity index (χ0v) is 6.13. The number of methoxy groups -OCH3 is 2. The lowest BCUT2D eigenvalue weighted by Gasteiger charge is -2.18. The number of aliphatic hydroxyl groups is 1. The summed E-state index contributed by atoms with van der Waals surface area (Å²) in [5.41, 5.74) is 0. The van der Waals surface area contributed by atoms with Crippen LogP contribution in [-0.2, 0) is 9.47 Å². The van der Waals surface area contributed by atoms with Crippen LogP contribution in [-0.4, -0.2) is 38.1 Å². The highest BCUT2D eigenvalue weighted by atomic mass is 16.5. The molecule has 1 N–H and O–H groups in total. The van der Waals surface area contributed by atoms with Crippen LogP contribution in [0, 0.1) is 0 Å². The van der Waals surface area contributed by atoms with Gasteiger partial charge in [-0.2, -0.15) is 0 Å². The zero-order valence-electron chi connectivity index (χ0n) is 6.13. The predicted octanol–water partition coefficient (Wildman–Crippen LogP) is 0.0286. The van der Waals surface area contributed by atoms with Gasteiger partial charge >= 0.3 is 0 Å². The fourth-order valence-electron chi connectivity index (χ4n) is 0.566. The average molecular weight is 134 g/mol. The highest BCUT2D eigenvalue weighted by Crippen LogP contribution is 1.99. The molecule has 0 aliphatic carbocycles. The van der Waals surface area contributed by atoms with Gasteiger partial charge in [0.05, 0.1) is 12.7 Å². The van der Waals surface area contributed by atoms with Crippen LogP contribution in [0.3, 0.4) is 0 Å². The van der Waals surface area contributed by atoms with E-state index in [4.69, 9.17) is 14.6 Å². The van der Waals surface area contributed by atoms with Crippen LogP contribution < -0.4 is 0 Å². The van der Waals surface area contributed by atoms with Gasteiger partial charge in [-0.25, -0.2) is 0 Å². The van der Waals surface area contributed by atoms with E-state index in [1.165, 1.54) is 0 Å². The minimum atomic E-state index is -0.199. The van der Waals surface area contributed by atoms with E-state index in [0.717, 1.165) is 0 Å². The Bertz CT molecular complexity index is 61.3. The van der Waals surface area contributed by atoms with Gasteiger partial charge in [-0.3, -0.25) is 0 Å². The molecule has 0 bridgehead atoms. The summed E-state index contributed by atoms with van der Waals surface area (Å²) in [5, 5.41) is 8.62. The Morgan fingerprint density at radius 2 is 1.89 bits per heavy atom. The Balaban J connectivity index is 3.50. The second kappa shape index (κ2) is 4.73. The van der Waals surface area contributed by atoms with Gasteiger partial charge in [0, 0.05) is 14.2 Å². The second-order valence-corrected chi connectivity index (χ2v) is 1.90. The van der Waals surface area contributed by atoms with E-state index in [1.54, 1.807) is 14.2 Å². The molecule has 0 aromatic rings. The maximum absolute atomic E-state index is 8.62. The quantitative estimate of drug-likeness (QED) is 0.589. The molecule has 2 atom stereocenters. The molecule has 0 saturated carbocycles. The molecule has 3 nitrogen and oxygen atoms in total. The standard InChI is InChI=1S/C6H14O3/c1-5(8-2)6(4-7)9-3/h5-7H,4H2,1-3H3/t5-,6-/m1/s1. The van der Waals surface area contributed by atoms with Crippen molar-refractivity contribution >= 4 is 0 Å². The Labute approximate surface area is 55.6 Å². The van der Waals surface area contributed by atoms with Crippen molar-refractivity contribution < 1.29 is 14.6 Å². The largest absolute Gasteiger partial charge is 0.394 e. The van der Waals surface area contributed by atoms with Crippen LogP contribution in [0.4, 0.5) is 0 Å². The van der Waals surface area contributed by atoms with Crippen LogP contribution in [0.15, 0.2) is 0 Å². The van der Waals surface area contributed by atoms with Crippen molar-refractivity contribution in [3.63, 3.8) is 0 Å². The second-order valence-electron chi connectivity index (χ2n) is 1.90. The molecule has 0 radical (unpaired) electrons. The van der Waals surface area contributed by atoms with E-state index >= 15 is 0 Å². The third-order valence-corrected chi connectivity index (χ3v) is 1.38. The van der Waals surface area contributed by atoms with Gasteiger partial charge in [-0.1, -0.05) is 0 Å². The summed E-state index contributed by atoms with van der Waals surface area (Å²) >= 11 is 0. The van der Waals surface area contributed by atoms with Crippen LogP contribution in [0.2, 0.25) is 0 Å². The zero-order chi connectivity index (χ0) is 7.28. The molecule has 0 fully saturated rings. The van der Waals surface area contributed by atoms with Crippen LogP contribution in [0.1, 0.15) is 6.92 Å². The summed E-state index contributed by atoms with van der Waals surface area (Å²) in [7, 11) is 3.14. The fraction of sp³-hybridized carbons (Fsp3) is 1.00. The van der Waals surface area contributed by atoms with Gasteiger partial charge in [-0.05, 0) is 6.92 Å². The van der Waals surface area contributed by atoms with E-state index in [9.17, 15) is 0 Å². The maximum Gasteiger partial charge on any atom is 0.106 e. The summed E-state index contributed by atoms with van der Waals surface area (Å²) in [6, 6.07) is 0. The lowest BCUT2D eigenvalue weighted by Crippen LogP contribution is -2.30. The van der Waals surface area contributed by atoms with Crippen molar-refractivity contribution in [1.29, 1.82) is 0 Å². The number of hydrogen-bond acceptors (Lipinski definition) is 3. The van der Waals surface area contributed by atoms with Gasteiger partial charge in [0.1, 0.15) is 6.10 Å². The van der Waals surface area contributed by atoms with Crippen molar-refractivity contribution in [3.8, 4) is 0 Å². The minimum absolute atomic E-state index is 0.00546. The van der Waals surface area contributed by atoms with E-state index in [-0.39, 0.29) is 18.8 Å². The van der Waals surface area contributed by atoms with Crippen LogP contribution in [0.5, 0.6) is 0 Å². The van der Waals surface area contributed by atoms with Gasteiger partial charge < -0.3 is 14.6 Å². The summed E-state index contributed by atoms with van der Waals surface area (Å²) in [6.07, 6.45) is -0.241. The monoisotopic (exact) mass is 134 g/mol. The first kappa shape index (κ1) is 8.88. The van der Waals surface area contributed by atoms with Gasteiger partial charge in [-0.15, -0.1) is 0 Å². The summed E-state index contributed by atoms with van der Waals surface area (Å²) in [5.74, 6) is 0. The summed E-state index contributed by atoms with van der Waals surface area (Å²) in [6.45, 7) is 1.86. The molecule has 0 unspecified atom stereocenters. The Kier molecular flexibility index (Phi) is 4.67. The molecule has 0 rings (SSSR count). The molecule has 56 valence electrons. The Morgan fingerprint density at radius 1 is 1.33 bits per heavy atom. The van der Waals surface area contributed by atoms with Crippen molar-refractivity contribution in [2.75, 3.05) is 20.8 Å². The fourth-order valence-corrected chi connectivity index (χ4v) is 0.566. The van der Waals surface area contributed by atoms with Crippen molar-refractivity contribution in [2.24, 2.45) is 0 Å². The predicted molar refractivity (Wildman–Crippen MR) is 34.4 cm³/mol. The molecular formula is C6H14O3. The number of ether oxygens (including phenoxy) is 2. The van der Waals surface area contributed by atoms with Gasteiger partial charge in [0.15, 0.2) is 0 Å². The smallest absolute Gasteiger partial charge is 0.106 e. The maximum atomic E-state index is 8.62. The van der Waals surface area contributed by atoms with Crippen LogP contribution >= 0.6 is 0 Å². The minimum Gasteiger partial charge on any atom is -0.394 e. The van der Waals surface area contributed by atoms with E-state index < -0.39 is 0 Å². The molecule has 0 heterocycles. The average Bonchev–Trinajstić information content (AvgIpc) is 1.90. The first-order valence-electron chi connectivity index (χ1n) is 2.92. The van der Waals surface area contributed by atoms with Gasteiger partial charge in [0.25, 0.3) is 0 Å².